The Morgan fingerprint density at radius 1 is 1.06 bits per heavy atom. The Morgan fingerprint density at radius 3 is 2.56 bits per heavy atom. The third-order valence-corrected chi connectivity index (χ3v) is 9.86. The number of hydrogen-bond donors (Lipinski definition) is 4. The highest BCUT2D eigenvalue weighted by Gasteiger charge is 2.51. The van der Waals surface area contributed by atoms with Crippen LogP contribution in [0.4, 0.5) is 11.4 Å². The molecule has 3 aromatic rings. The van der Waals surface area contributed by atoms with Gasteiger partial charge in [-0.05, 0) is 67.3 Å². The number of hydrogen-bond acceptors (Lipinski definition) is 8. The van der Waals surface area contributed by atoms with Gasteiger partial charge in [0.15, 0.2) is 0 Å². The van der Waals surface area contributed by atoms with Gasteiger partial charge in [0.1, 0.15) is 17.9 Å². The van der Waals surface area contributed by atoms with E-state index in [1.807, 2.05) is 29.2 Å². The summed E-state index contributed by atoms with van der Waals surface area (Å²) in [6, 6.07) is 16.4. The van der Waals surface area contributed by atoms with E-state index in [0.717, 1.165) is 17.5 Å². The first kappa shape index (κ1) is 34.2. The molecule has 258 valence electrons. The number of pyridine rings is 1. The summed E-state index contributed by atoms with van der Waals surface area (Å²) in [5.74, 6) is 0.153. The smallest absolute Gasteiger partial charge is 0.269 e. The van der Waals surface area contributed by atoms with Gasteiger partial charge in [-0.15, -0.1) is 0 Å². The van der Waals surface area contributed by atoms with Crippen molar-refractivity contribution in [3.05, 3.63) is 94.8 Å². The van der Waals surface area contributed by atoms with Gasteiger partial charge >= 0.3 is 0 Å². The molecule has 2 aromatic carbocycles. The van der Waals surface area contributed by atoms with Gasteiger partial charge in [0.05, 0.1) is 17.7 Å². The van der Waals surface area contributed by atoms with Crippen LogP contribution in [0.2, 0.25) is 0 Å². The van der Waals surface area contributed by atoms with E-state index in [0.29, 0.717) is 73.9 Å². The predicted octanol–water partition coefficient (Wildman–Crippen LogP) is 2.55. The standard InChI is InChI=1S/C37H42N10O3/c1-41-23-44-34(40)26-5-3-24(4-6-26)25-10-15-46(16-11-25)32(48)21-45-17-12-37(22-45)13-18-47(36(37)50)28-7-8-30(38)29(20-28)33(39)27-9-14-43-31(19-27)35(49)42-2/h3-10,14,19-20,23,39H,11-13,15-18,21-22,38H2,1-2H3,(H,42,49)(H2,40,41,44)/t37-/m0/s1. The summed E-state index contributed by atoms with van der Waals surface area (Å²) in [7, 11) is 3.16. The Morgan fingerprint density at radius 2 is 1.84 bits per heavy atom. The van der Waals surface area contributed by atoms with Crippen molar-refractivity contribution in [2.75, 3.05) is 64.0 Å². The number of anilines is 2. The molecule has 3 aliphatic rings. The van der Waals surface area contributed by atoms with E-state index >= 15 is 0 Å². The topological polar surface area (TPSA) is 186 Å². The predicted molar refractivity (Wildman–Crippen MR) is 196 cm³/mol. The molecule has 4 heterocycles. The minimum absolute atomic E-state index is 0.0311. The molecule has 3 aliphatic heterocycles. The maximum absolute atomic E-state index is 14.0. The lowest BCUT2D eigenvalue weighted by atomic mass is 9.85. The van der Waals surface area contributed by atoms with E-state index in [1.54, 1.807) is 42.3 Å². The highest BCUT2D eigenvalue weighted by molar-refractivity contribution is 6.15. The average Bonchev–Trinajstić information content (AvgIpc) is 3.71. The van der Waals surface area contributed by atoms with Crippen molar-refractivity contribution in [2.45, 2.75) is 19.3 Å². The second kappa shape index (κ2) is 14.4. The minimum Gasteiger partial charge on any atom is -0.398 e. The second-order valence-corrected chi connectivity index (χ2v) is 12.9. The number of likely N-dealkylation sites (tertiary alicyclic amines) is 1. The molecule has 0 saturated carbocycles. The van der Waals surface area contributed by atoms with Crippen LogP contribution in [-0.4, -0.2) is 104 Å². The summed E-state index contributed by atoms with van der Waals surface area (Å²) in [4.78, 5) is 57.2. The van der Waals surface area contributed by atoms with E-state index in [-0.39, 0.29) is 35.7 Å². The molecule has 2 saturated heterocycles. The van der Waals surface area contributed by atoms with Crippen molar-refractivity contribution in [2.24, 2.45) is 21.1 Å². The molecular weight excluding hydrogens is 632 g/mol. The Hall–Kier alpha value is -5.69. The van der Waals surface area contributed by atoms with Gasteiger partial charge in [0, 0.05) is 74.5 Å². The zero-order valence-corrected chi connectivity index (χ0v) is 28.4. The molecule has 0 bridgehead atoms. The zero-order chi connectivity index (χ0) is 35.4. The quantitative estimate of drug-likeness (QED) is 0.153. The molecule has 1 atom stereocenters. The number of rotatable bonds is 9. The maximum Gasteiger partial charge on any atom is 0.269 e. The molecule has 13 nitrogen and oxygen atoms in total. The van der Waals surface area contributed by atoms with E-state index in [1.165, 1.54) is 25.2 Å². The van der Waals surface area contributed by atoms with Crippen LogP contribution >= 0.6 is 0 Å². The van der Waals surface area contributed by atoms with E-state index < -0.39 is 5.41 Å². The van der Waals surface area contributed by atoms with Crippen molar-refractivity contribution >= 4 is 52.6 Å². The molecule has 6 rings (SSSR count). The molecule has 0 unspecified atom stereocenters. The molecule has 2 fully saturated rings. The molecule has 1 spiro atoms. The van der Waals surface area contributed by atoms with Crippen LogP contribution in [0.5, 0.6) is 0 Å². The zero-order valence-electron chi connectivity index (χ0n) is 28.4. The monoisotopic (exact) mass is 674 g/mol. The number of aliphatic imine (C=N–C) groups is 2. The largest absolute Gasteiger partial charge is 0.398 e. The van der Waals surface area contributed by atoms with E-state index in [4.69, 9.17) is 16.9 Å². The lowest BCUT2D eigenvalue weighted by Crippen LogP contribution is -2.43. The van der Waals surface area contributed by atoms with Crippen LogP contribution in [-0.2, 0) is 9.59 Å². The number of amidine groups is 1. The first-order valence-corrected chi connectivity index (χ1v) is 16.7. The summed E-state index contributed by atoms with van der Waals surface area (Å²) in [5.41, 5.74) is 17.2. The molecule has 50 heavy (non-hydrogen) atoms. The van der Waals surface area contributed by atoms with Gasteiger partial charge in [0.25, 0.3) is 5.91 Å². The highest BCUT2D eigenvalue weighted by atomic mass is 16.2. The van der Waals surface area contributed by atoms with Gasteiger partial charge in [0.2, 0.25) is 11.8 Å². The lowest BCUT2D eigenvalue weighted by molar-refractivity contribution is -0.132. The van der Waals surface area contributed by atoms with E-state index in [2.05, 4.69) is 31.3 Å². The van der Waals surface area contributed by atoms with Crippen molar-refractivity contribution in [1.29, 1.82) is 5.41 Å². The highest BCUT2D eigenvalue weighted by Crippen LogP contribution is 2.43. The van der Waals surface area contributed by atoms with Crippen molar-refractivity contribution < 1.29 is 14.4 Å². The summed E-state index contributed by atoms with van der Waals surface area (Å²) < 4.78 is 0. The fourth-order valence-corrected chi connectivity index (χ4v) is 6.96. The summed E-state index contributed by atoms with van der Waals surface area (Å²) in [5, 5.41) is 11.4. The lowest BCUT2D eigenvalue weighted by Gasteiger charge is -2.29. The van der Waals surface area contributed by atoms with Crippen LogP contribution < -0.4 is 21.7 Å². The summed E-state index contributed by atoms with van der Waals surface area (Å²) >= 11 is 0. The van der Waals surface area contributed by atoms with Gasteiger partial charge in [-0.2, -0.15) is 0 Å². The molecule has 1 aromatic heterocycles. The number of carbonyl (C=O) groups is 3. The van der Waals surface area contributed by atoms with Crippen LogP contribution in [0.1, 0.15) is 52.0 Å². The average molecular weight is 675 g/mol. The van der Waals surface area contributed by atoms with Crippen molar-refractivity contribution in [3.8, 4) is 0 Å². The summed E-state index contributed by atoms with van der Waals surface area (Å²) in [6.07, 6.45) is 7.14. The first-order chi connectivity index (χ1) is 24.1. The van der Waals surface area contributed by atoms with Crippen LogP contribution in [0, 0.1) is 10.8 Å². The molecule has 0 aliphatic carbocycles. The van der Waals surface area contributed by atoms with Gasteiger partial charge in [-0.3, -0.25) is 34.7 Å². The number of benzene rings is 2. The Kier molecular flexibility index (Phi) is 9.86. The molecule has 13 heteroatoms. The van der Waals surface area contributed by atoms with Crippen molar-refractivity contribution in [1.82, 2.24) is 20.1 Å². The number of nitrogen functional groups attached to an aromatic ring is 1. The Bertz CT molecular complexity index is 1920. The molecule has 0 radical (unpaired) electrons. The molecule has 6 N–H and O–H groups in total. The fourth-order valence-electron chi connectivity index (χ4n) is 6.96. The SMILES string of the molecule is CN=CN=C(N)c1ccc(C2=CCN(C(=O)CN3CC[C@]4(CCN(c5ccc(N)c(C(=N)c6ccnc(C(=O)NC)c6)c5)C4=O)C3)CC2)cc1. The third-order valence-electron chi connectivity index (χ3n) is 9.86. The minimum atomic E-state index is -0.554. The number of nitrogens with one attached hydrogen (secondary N) is 2. The number of nitrogens with two attached hydrogens (primary N) is 2. The Balaban J connectivity index is 1.06. The third kappa shape index (κ3) is 6.90. The van der Waals surface area contributed by atoms with Gasteiger partial charge in [-0.25, -0.2) is 4.99 Å². The second-order valence-electron chi connectivity index (χ2n) is 12.9. The number of amides is 3. The molecule has 3 amide bonds. The van der Waals surface area contributed by atoms with Crippen LogP contribution in [0.3, 0.4) is 0 Å². The van der Waals surface area contributed by atoms with Gasteiger partial charge in [-0.1, -0.05) is 30.3 Å². The normalized spacial score (nSPS) is 19.8. The van der Waals surface area contributed by atoms with Crippen molar-refractivity contribution in [3.63, 3.8) is 0 Å². The fraction of sp³-hybridized carbons (Fsp3) is 0.324. The van der Waals surface area contributed by atoms with E-state index in [9.17, 15) is 14.4 Å². The number of carbonyl (C=O) groups excluding carboxylic acids is 3. The maximum atomic E-state index is 14.0. The number of nitrogens with zero attached hydrogens (tertiary/aromatic N) is 6. The van der Waals surface area contributed by atoms with Crippen LogP contribution in [0.15, 0.2) is 76.9 Å². The van der Waals surface area contributed by atoms with Gasteiger partial charge < -0.3 is 26.6 Å². The molecular formula is C37H42N10O3. The number of aromatic nitrogens is 1. The van der Waals surface area contributed by atoms with Crippen LogP contribution in [0.25, 0.3) is 5.57 Å². The Labute approximate surface area is 291 Å². The summed E-state index contributed by atoms with van der Waals surface area (Å²) in [6.45, 7) is 3.20. The first-order valence-electron chi connectivity index (χ1n) is 16.7.